The molecule has 4 rings (SSSR count). The number of aromatic amines is 1. The van der Waals surface area contributed by atoms with Gasteiger partial charge >= 0.3 is 0 Å². The number of H-pyrrole nitrogens is 1. The summed E-state index contributed by atoms with van der Waals surface area (Å²) in [5.41, 5.74) is 3.92. The number of carbonyl (C=O) groups excluding carboxylic acids is 1. The van der Waals surface area contributed by atoms with Crippen LogP contribution in [0.4, 0.5) is 0 Å². The van der Waals surface area contributed by atoms with Crippen LogP contribution in [0.15, 0.2) is 24.3 Å². The van der Waals surface area contributed by atoms with Gasteiger partial charge in [0.1, 0.15) is 0 Å². The Hall–Kier alpha value is -1.81. The van der Waals surface area contributed by atoms with Crippen molar-refractivity contribution < 1.29 is 4.79 Å². The molecule has 1 atom stereocenters. The summed E-state index contributed by atoms with van der Waals surface area (Å²) in [6.45, 7) is 6.40. The number of nitrogens with one attached hydrogen (secondary N) is 2. The lowest BCUT2D eigenvalue weighted by molar-refractivity contribution is -0.143. The molecule has 0 radical (unpaired) electrons. The minimum absolute atomic E-state index is 0.196. The van der Waals surface area contributed by atoms with Gasteiger partial charge in [-0.15, -0.1) is 0 Å². The van der Waals surface area contributed by atoms with Crippen molar-refractivity contribution in [2.75, 3.05) is 20.1 Å². The lowest BCUT2D eigenvalue weighted by atomic mass is 9.73. The van der Waals surface area contributed by atoms with Crippen LogP contribution >= 0.6 is 0 Å². The molecule has 2 aliphatic rings. The van der Waals surface area contributed by atoms with Crippen LogP contribution in [0.2, 0.25) is 0 Å². The third kappa shape index (κ3) is 3.05. The van der Waals surface area contributed by atoms with Gasteiger partial charge in [-0.05, 0) is 62.7 Å². The van der Waals surface area contributed by atoms with Crippen LogP contribution in [0.3, 0.4) is 0 Å². The molecule has 0 saturated heterocycles. The van der Waals surface area contributed by atoms with Crippen LogP contribution in [-0.2, 0) is 11.2 Å². The standard InChI is InChI=1S/C22H31N3O/c1-14(2)10-20-21-18(17-6-4-5-7-19(17)24-21)8-9-25(20)22(26)16-11-15(12-16)13-23-3/h4-7,14-16,20,23-24H,8-13H2,1-3H3. The molecule has 2 aromatic rings. The molecular formula is C22H31N3O. The summed E-state index contributed by atoms with van der Waals surface area (Å²) in [5.74, 6) is 1.85. The predicted molar refractivity (Wildman–Crippen MR) is 106 cm³/mol. The van der Waals surface area contributed by atoms with Gasteiger partial charge in [0.2, 0.25) is 5.91 Å². The van der Waals surface area contributed by atoms with Gasteiger partial charge in [-0.1, -0.05) is 32.0 Å². The summed E-state index contributed by atoms with van der Waals surface area (Å²) < 4.78 is 0. The number of para-hydroxylation sites is 1. The largest absolute Gasteiger partial charge is 0.356 e. The first kappa shape index (κ1) is 17.6. The van der Waals surface area contributed by atoms with Crippen molar-refractivity contribution in [1.82, 2.24) is 15.2 Å². The third-order valence-corrected chi connectivity index (χ3v) is 6.21. The minimum Gasteiger partial charge on any atom is -0.356 e. The molecule has 0 spiro atoms. The molecule has 1 aliphatic heterocycles. The van der Waals surface area contributed by atoms with Crippen molar-refractivity contribution in [3.05, 3.63) is 35.5 Å². The molecule has 2 N–H and O–H groups in total. The second kappa shape index (κ2) is 7.07. The quantitative estimate of drug-likeness (QED) is 0.857. The Balaban J connectivity index is 1.60. The monoisotopic (exact) mass is 353 g/mol. The maximum Gasteiger partial charge on any atom is 0.226 e. The fourth-order valence-corrected chi connectivity index (χ4v) is 4.90. The van der Waals surface area contributed by atoms with Crippen LogP contribution in [-0.4, -0.2) is 35.9 Å². The highest BCUT2D eigenvalue weighted by atomic mass is 16.2. The van der Waals surface area contributed by atoms with E-state index in [0.29, 0.717) is 17.7 Å². The van der Waals surface area contributed by atoms with E-state index in [1.165, 1.54) is 22.2 Å². The first-order valence-corrected chi connectivity index (χ1v) is 10.1. The number of carbonyl (C=O) groups is 1. The van der Waals surface area contributed by atoms with Crippen molar-refractivity contribution in [3.8, 4) is 0 Å². The van der Waals surface area contributed by atoms with Crippen LogP contribution in [0.1, 0.15) is 50.4 Å². The van der Waals surface area contributed by atoms with Gasteiger partial charge in [0, 0.05) is 29.1 Å². The zero-order chi connectivity index (χ0) is 18.3. The SMILES string of the molecule is CNCC1CC(C(=O)N2CCc3c([nH]c4ccccc34)C2CC(C)C)C1. The third-order valence-electron chi connectivity index (χ3n) is 6.21. The topological polar surface area (TPSA) is 48.1 Å². The van der Waals surface area contributed by atoms with Crippen molar-refractivity contribution in [2.24, 2.45) is 17.8 Å². The molecule has 140 valence electrons. The number of nitrogens with zero attached hydrogens (tertiary/aromatic N) is 1. The molecule has 26 heavy (non-hydrogen) atoms. The second-order valence-corrected chi connectivity index (χ2v) is 8.58. The van der Waals surface area contributed by atoms with Gasteiger partial charge < -0.3 is 15.2 Å². The Kier molecular flexibility index (Phi) is 4.78. The van der Waals surface area contributed by atoms with E-state index in [2.05, 4.69) is 53.3 Å². The molecule has 1 unspecified atom stereocenters. The van der Waals surface area contributed by atoms with Crippen LogP contribution in [0.5, 0.6) is 0 Å². The molecule has 1 amide bonds. The normalized spacial score (nSPS) is 25.4. The average molecular weight is 354 g/mol. The predicted octanol–water partition coefficient (Wildman–Crippen LogP) is 3.89. The zero-order valence-electron chi connectivity index (χ0n) is 16.2. The van der Waals surface area contributed by atoms with Gasteiger partial charge in [-0.2, -0.15) is 0 Å². The first-order chi connectivity index (χ1) is 12.6. The van der Waals surface area contributed by atoms with Crippen molar-refractivity contribution >= 4 is 16.8 Å². The molecule has 2 heterocycles. The van der Waals surface area contributed by atoms with Gasteiger partial charge in [0.05, 0.1) is 6.04 Å². The van der Waals surface area contributed by atoms with Crippen LogP contribution < -0.4 is 5.32 Å². The summed E-state index contributed by atoms with van der Waals surface area (Å²) in [7, 11) is 2.00. The smallest absolute Gasteiger partial charge is 0.226 e. The Morgan fingerprint density at radius 1 is 1.31 bits per heavy atom. The first-order valence-electron chi connectivity index (χ1n) is 10.1. The highest BCUT2D eigenvalue weighted by Crippen LogP contribution is 2.41. The number of fused-ring (bicyclic) bond motifs is 3. The molecular weight excluding hydrogens is 322 g/mol. The fourth-order valence-electron chi connectivity index (χ4n) is 4.90. The Labute approximate surface area is 156 Å². The molecule has 4 nitrogen and oxygen atoms in total. The maximum absolute atomic E-state index is 13.2. The molecule has 1 aromatic carbocycles. The zero-order valence-corrected chi connectivity index (χ0v) is 16.2. The van der Waals surface area contributed by atoms with Crippen molar-refractivity contribution in [1.29, 1.82) is 0 Å². The van der Waals surface area contributed by atoms with E-state index in [9.17, 15) is 4.79 Å². The Bertz CT molecular complexity index is 788. The Morgan fingerprint density at radius 2 is 2.08 bits per heavy atom. The maximum atomic E-state index is 13.2. The summed E-state index contributed by atoms with van der Waals surface area (Å²) in [6.07, 6.45) is 4.08. The number of hydrogen-bond donors (Lipinski definition) is 2. The van der Waals surface area contributed by atoms with Crippen molar-refractivity contribution in [2.45, 2.75) is 45.6 Å². The van der Waals surface area contributed by atoms with Gasteiger partial charge in [-0.25, -0.2) is 0 Å². The number of hydrogen-bond acceptors (Lipinski definition) is 2. The minimum atomic E-state index is 0.196. The lowest BCUT2D eigenvalue weighted by Gasteiger charge is -2.43. The van der Waals surface area contributed by atoms with E-state index >= 15 is 0 Å². The van der Waals surface area contributed by atoms with E-state index in [-0.39, 0.29) is 12.0 Å². The summed E-state index contributed by atoms with van der Waals surface area (Å²) >= 11 is 0. The van der Waals surface area contributed by atoms with Gasteiger partial charge in [0.15, 0.2) is 0 Å². The Morgan fingerprint density at radius 3 is 2.81 bits per heavy atom. The molecule has 1 saturated carbocycles. The molecule has 1 aliphatic carbocycles. The fraction of sp³-hybridized carbons (Fsp3) is 0.591. The van der Waals surface area contributed by atoms with Gasteiger partial charge in [-0.3, -0.25) is 4.79 Å². The number of aromatic nitrogens is 1. The van der Waals surface area contributed by atoms with E-state index in [1.54, 1.807) is 0 Å². The summed E-state index contributed by atoms with van der Waals surface area (Å²) in [6, 6.07) is 8.76. The summed E-state index contributed by atoms with van der Waals surface area (Å²) in [4.78, 5) is 19.1. The second-order valence-electron chi connectivity index (χ2n) is 8.58. The molecule has 4 heteroatoms. The van der Waals surface area contributed by atoms with Crippen molar-refractivity contribution in [3.63, 3.8) is 0 Å². The average Bonchev–Trinajstić information content (AvgIpc) is 2.96. The lowest BCUT2D eigenvalue weighted by Crippen LogP contribution is -2.47. The van der Waals surface area contributed by atoms with Gasteiger partial charge in [0.25, 0.3) is 0 Å². The number of benzene rings is 1. The molecule has 0 bridgehead atoms. The molecule has 1 fully saturated rings. The molecule has 1 aromatic heterocycles. The van der Waals surface area contributed by atoms with E-state index in [0.717, 1.165) is 38.8 Å². The highest BCUT2D eigenvalue weighted by molar-refractivity contribution is 5.86. The van der Waals surface area contributed by atoms with E-state index in [4.69, 9.17) is 0 Å². The highest BCUT2D eigenvalue weighted by Gasteiger charge is 2.41. The van der Waals surface area contributed by atoms with Crippen LogP contribution in [0, 0.1) is 17.8 Å². The number of amides is 1. The summed E-state index contributed by atoms with van der Waals surface area (Å²) in [5, 5.41) is 4.58. The van der Waals surface area contributed by atoms with E-state index in [1.807, 2.05) is 7.05 Å². The van der Waals surface area contributed by atoms with Crippen LogP contribution in [0.25, 0.3) is 10.9 Å². The van der Waals surface area contributed by atoms with E-state index < -0.39 is 0 Å². The number of rotatable bonds is 5.